The van der Waals surface area contributed by atoms with Gasteiger partial charge in [-0.25, -0.2) is 4.90 Å². The van der Waals surface area contributed by atoms with Gasteiger partial charge in [0.1, 0.15) is 0 Å². The lowest BCUT2D eigenvalue weighted by molar-refractivity contribution is -0.125. The van der Waals surface area contributed by atoms with Gasteiger partial charge in [-0.2, -0.15) is 0 Å². The second-order valence-corrected chi connectivity index (χ2v) is 6.64. The third-order valence-corrected chi connectivity index (χ3v) is 4.71. The number of halogens is 1. The quantitative estimate of drug-likeness (QED) is 0.748. The maximum atomic E-state index is 12.3. The highest BCUT2D eigenvalue weighted by Gasteiger charge is 2.72. The van der Waals surface area contributed by atoms with Crippen molar-refractivity contribution >= 4 is 33.4 Å². The molecule has 1 aliphatic carbocycles. The number of fused-ring (bicyclic) bond motifs is 1. The van der Waals surface area contributed by atoms with Crippen molar-refractivity contribution in [2.24, 2.45) is 17.3 Å². The van der Waals surface area contributed by atoms with Crippen molar-refractivity contribution in [1.29, 1.82) is 0 Å². The van der Waals surface area contributed by atoms with E-state index in [0.717, 1.165) is 10.0 Å². The maximum Gasteiger partial charge on any atom is 0.238 e. The fourth-order valence-electron chi connectivity index (χ4n) is 3.01. The van der Waals surface area contributed by atoms with E-state index in [1.165, 1.54) is 4.90 Å². The van der Waals surface area contributed by atoms with Gasteiger partial charge in [0.2, 0.25) is 11.8 Å². The molecule has 0 bridgehead atoms. The Morgan fingerprint density at radius 3 is 2.28 bits per heavy atom. The number of nitrogens with zero attached hydrogens (tertiary/aromatic N) is 1. The first-order valence-electron chi connectivity index (χ1n) is 5.99. The Morgan fingerprint density at radius 1 is 1.17 bits per heavy atom. The van der Waals surface area contributed by atoms with Crippen molar-refractivity contribution < 1.29 is 9.59 Å². The first kappa shape index (κ1) is 11.9. The first-order chi connectivity index (χ1) is 8.35. The second kappa shape index (κ2) is 3.44. The summed E-state index contributed by atoms with van der Waals surface area (Å²) in [5, 5.41) is 0. The van der Waals surface area contributed by atoms with Crippen LogP contribution < -0.4 is 4.90 Å². The van der Waals surface area contributed by atoms with E-state index >= 15 is 0 Å². The van der Waals surface area contributed by atoms with Crippen molar-refractivity contribution in [2.75, 3.05) is 4.90 Å². The number of hydrogen-bond acceptors (Lipinski definition) is 2. The van der Waals surface area contributed by atoms with Gasteiger partial charge in [0.05, 0.1) is 17.5 Å². The van der Waals surface area contributed by atoms with E-state index in [9.17, 15) is 9.59 Å². The molecule has 2 atom stereocenters. The summed E-state index contributed by atoms with van der Waals surface area (Å²) in [6.07, 6.45) is 0. The summed E-state index contributed by atoms with van der Waals surface area (Å²) < 4.78 is 0.878. The van der Waals surface area contributed by atoms with Crippen molar-refractivity contribution in [1.82, 2.24) is 0 Å². The summed E-state index contributed by atoms with van der Waals surface area (Å²) in [6.45, 7) is 5.89. The number of carbonyl (C=O) groups is 2. The van der Waals surface area contributed by atoms with Gasteiger partial charge in [-0.05, 0) is 30.0 Å². The van der Waals surface area contributed by atoms with Crippen LogP contribution in [0.2, 0.25) is 0 Å². The Balaban J connectivity index is 2.03. The van der Waals surface area contributed by atoms with E-state index in [1.807, 2.05) is 39.0 Å². The third kappa shape index (κ3) is 1.35. The molecule has 1 aliphatic heterocycles. The molecule has 1 saturated heterocycles. The molecule has 3 rings (SSSR count). The predicted octanol–water partition coefficient (Wildman–Crippen LogP) is 2.90. The summed E-state index contributed by atoms with van der Waals surface area (Å²) in [7, 11) is 0. The van der Waals surface area contributed by atoms with E-state index in [2.05, 4.69) is 15.9 Å². The first-order valence-corrected chi connectivity index (χ1v) is 6.79. The van der Waals surface area contributed by atoms with Gasteiger partial charge < -0.3 is 0 Å². The molecule has 2 amide bonds. The van der Waals surface area contributed by atoms with Crippen LogP contribution in [0.5, 0.6) is 0 Å². The molecule has 0 N–H and O–H groups in total. The van der Waals surface area contributed by atoms with Gasteiger partial charge in [0.25, 0.3) is 0 Å². The molecular formula is C14H14BrNO2. The van der Waals surface area contributed by atoms with Crippen LogP contribution in [0.4, 0.5) is 5.69 Å². The Labute approximate surface area is 114 Å². The fraction of sp³-hybridized carbons (Fsp3) is 0.429. The molecule has 18 heavy (non-hydrogen) atoms. The van der Waals surface area contributed by atoms with Crippen molar-refractivity contribution in [3.63, 3.8) is 0 Å². The number of hydrogen-bond donors (Lipinski definition) is 0. The molecule has 2 aliphatic rings. The molecule has 1 aromatic carbocycles. The number of aryl methyl sites for hydroxylation is 1. The summed E-state index contributed by atoms with van der Waals surface area (Å²) >= 11 is 3.38. The highest BCUT2D eigenvalue weighted by atomic mass is 79.9. The van der Waals surface area contributed by atoms with Gasteiger partial charge in [-0.1, -0.05) is 35.8 Å². The van der Waals surface area contributed by atoms with Crippen LogP contribution >= 0.6 is 15.9 Å². The van der Waals surface area contributed by atoms with Crippen LogP contribution in [-0.2, 0) is 9.59 Å². The van der Waals surface area contributed by atoms with Crippen LogP contribution in [0.25, 0.3) is 0 Å². The zero-order chi connectivity index (χ0) is 13.2. The minimum atomic E-state index is -0.148. The minimum absolute atomic E-state index is 0.0452. The zero-order valence-electron chi connectivity index (χ0n) is 10.5. The largest absolute Gasteiger partial charge is 0.274 e. The molecule has 1 heterocycles. The molecular weight excluding hydrogens is 294 g/mol. The van der Waals surface area contributed by atoms with Crippen LogP contribution in [0.15, 0.2) is 22.7 Å². The Morgan fingerprint density at radius 2 is 1.72 bits per heavy atom. The number of carbonyl (C=O) groups excluding carboxylic acids is 2. The summed E-state index contributed by atoms with van der Waals surface area (Å²) in [5.41, 5.74) is 1.51. The number of anilines is 1. The molecule has 4 heteroatoms. The van der Waals surface area contributed by atoms with E-state index in [0.29, 0.717) is 5.69 Å². The Kier molecular flexibility index (Phi) is 2.28. The summed E-state index contributed by atoms with van der Waals surface area (Å²) in [5.74, 6) is -0.334. The molecule has 2 unspecified atom stereocenters. The lowest BCUT2D eigenvalue weighted by atomic mass is 10.0. The molecule has 0 spiro atoms. The van der Waals surface area contributed by atoms with Gasteiger partial charge in [0.15, 0.2) is 0 Å². The molecule has 94 valence electrons. The van der Waals surface area contributed by atoms with Crippen LogP contribution in [0.3, 0.4) is 0 Å². The smallest absolute Gasteiger partial charge is 0.238 e. The number of amides is 2. The highest BCUT2D eigenvalue weighted by molar-refractivity contribution is 9.10. The van der Waals surface area contributed by atoms with Crippen molar-refractivity contribution in [2.45, 2.75) is 20.8 Å². The number of rotatable bonds is 1. The van der Waals surface area contributed by atoms with Crippen molar-refractivity contribution in [3.8, 4) is 0 Å². The minimum Gasteiger partial charge on any atom is -0.274 e. The van der Waals surface area contributed by atoms with E-state index in [4.69, 9.17) is 0 Å². The number of imide groups is 1. The van der Waals surface area contributed by atoms with Gasteiger partial charge >= 0.3 is 0 Å². The van der Waals surface area contributed by atoms with E-state index in [1.54, 1.807) is 0 Å². The molecule has 3 nitrogen and oxygen atoms in total. The number of piperidine rings is 1. The SMILES string of the molecule is Cc1ccc(Br)cc1N1C(=O)C2C(C1=O)C2(C)C. The second-order valence-electron chi connectivity index (χ2n) is 5.72. The van der Waals surface area contributed by atoms with E-state index in [-0.39, 0.29) is 29.1 Å². The summed E-state index contributed by atoms with van der Waals surface area (Å²) in [4.78, 5) is 26.0. The highest BCUT2D eigenvalue weighted by Crippen LogP contribution is 2.63. The lowest BCUT2D eigenvalue weighted by Crippen LogP contribution is -2.36. The van der Waals surface area contributed by atoms with Crippen molar-refractivity contribution in [3.05, 3.63) is 28.2 Å². The monoisotopic (exact) mass is 307 g/mol. The van der Waals surface area contributed by atoms with Gasteiger partial charge in [-0.15, -0.1) is 0 Å². The molecule has 2 fully saturated rings. The molecule has 0 aromatic heterocycles. The average Bonchev–Trinajstić information content (AvgIpc) is 2.74. The molecule has 1 saturated carbocycles. The average molecular weight is 308 g/mol. The van der Waals surface area contributed by atoms with Crippen LogP contribution in [0, 0.1) is 24.2 Å². The topological polar surface area (TPSA) is 37.4 Å². The zero-order valence-corrected chi connectivity index (χ0v) is 12.1. The molecule has 0 radical (unpaired) electrons. The standard InChI is InChI=1S/C14H14BrNO2/c1-7-4-5-8(15)6-9(7)16-12(17)10-11(13(16)18)14(10,2)3/h4-6,10-11H,1-3H3. The summed E-state index contributed by atoms with van der Waals surface area (Å²) in [6, 6.07) is 5.66. The Hall–Kier alpha value is -1.16. The van der Waals surface area contributed by atoms with Gasteiger partial charge in [0, 0.05) is 4.47 Å². The molecule has 1 aromatic rings. The predicted molar refractivity (Wildman–Crippen MR) is 72.1 cm³/mol. The van der Waals surface area contributed by atoms with Gasteiger partial charge in [-0.3, -0.25) is 9.59 Å². The normalized spacial score (nSPS) is 28.6. The van der Waals surface area contributed by atoms with E-state index < -0.39 is 0 Å². The number of benzene rings is 1. The fourth-order valence-corrected chi connectivity index (χ4v) is 3.36. The Bertz CT molecular complexity index is 555. The van der Waals surface area contributed by atoms with Crippen LogP contribution in [0.1, 0.15) is 19.4 Å². The third-order valence-electron chi connectivity index (χ3n) is 4.21. The lowest BCUT2D eigenvalue weighted by Gasteiger charge is -2.22. The maximum absolute atomic E-state index is 12.3. The van der Waals surface area contributed by atoms with Crippen LogP contribution in [-0.4, -0.2) is 11.8 Å².